The summed E-state index contributed by atoms with van der Waals surface area (Å²) in [6.45, 7) is 7.04. The Bertz CT molecular complexity index is 702. The normalized spacial score (nSPS) is 11.6. The number of likely N-dealkylation sites (N-methyl/N-ethyl adjacent to an activating group) is 1. The van der Waals surface area contributed by atoms with Crippen LogP contribution < -0.4 is 10.6 Å². The van der Waals surface area contributed by atoms with Crippen LogP contribution in [0, 0.1) is 5.82 Å². The van der Waals surface area contributed by atoms with E-state index < -0.39 is 0 Å². The summed E-state index contributed by atoms with van der Waals surface area (Å²) in [6.07, 6.45) is 0. The zero-order valence-corrected chi connectivity index (χ0v) is 18.7. The molecule has 0 bridgehead atoms. The van der Waals surface area contributed by atoms with Gasteiger partial charge in [0.25, 0.3) is 0 Å². The molecule has 0 aliphatic rings. The minimum Gasteiger partial charge on any atom is -0.359 e. The first kappa shape index (κ1) is 23.4. The third-order valence-electron chi connectivity index (χ3n) is 3.97. The average molecular weight is 489 g/mol. The fourth-order valence-corrected chi connectivity index (χ4v) is 2.42. The smallest absolute Gasteiger partial charge is 0.191 e. The Morgan fingerprint density at radius 1 is 1.26 bits per heavy atom. The van der Waals surface area contributed by atoms with Gasteiger partial charge in [-0.3, -0.25) is 4.99 Å². The van der Waals surface area contributed by atoms with Crippen LogP contribution in [-0.2, 0) is 13.1 Å². The maximum atomic E-state index is 12.9. The third-order valence-corrected chi connectivity index (χ3v) is 3.97. The topological polar surface area (TPSA) is 65.7 Å². The summed E-state index contributed by atoms with van der Waals surface area (Å²) >= 11 is 0. The minimum atomic E-state index is -0.208. The van der Waals surface area contributed by atoms with Crippen molar-refractivity contribution in [1.82, 2.24) is 20.7 Å². The second-order valence-electron chi connectivity index (χ2n) is 6.59. The van der Waals surface area contributed by atoms with Crippen LogP contribution in [0.2, 0.25) is 0 Å². The molecule has 0 spiro atoms. The number of guanidine groups is 1. The lowest BCUT2D eigenvalue weighted by Crippen LogP contribution is -2.40. The van der Waals surface area contributed by atoms with E-state index in [2.05, 4.69) is 39.5 Å². The van der Waals surface area contributed by atoms with Crippen molar-refractivity contribution in [2.75, 3.05) is 27.2 Å². The second kappa shape index (κ2) is 11.9. The van der Waals surface area contributed by atoms with Gasteiger partial charge < -0.3 is 20.1 Å². The number of rotatable bonds is 8. The van der Waals surface area contributed by atoms with Gasteiger partial charge in [-0.1, -0.05) is 31.1 Å². The summed E-state index contributed by atoms with van der Waals surface area (Å²) in [7, 11) is 3.76. The molecular weight excluding hydrogens is 460 g/mol. The summed E-state index contributed by atoms with van der Waals surface area (Å²) in [6, 6.07) is 8.55. The lowest BCUT2D eigenvalue weighted by molar-refractivity contribution is 0.330. The molecule has 0 saturated carbocycles. The highest BCUT2D eigenvalue weighted by molar-refractivity contribution is 14.0. The number of halogens is 2. The van der Waals surface area contributed by atoms with E-state index >= 15 is 0 Å². The molecular formula is C19H29FIN5O. The van der Waals surface area contributed by atoms with Crippen LogP contribution in [0.3, 0.4) is 0 Å². The first-order valence-corrected chi connectivity index (χ1v) is 8.81. The summed E-state index contributed by atoms with van der Waals surface area (Å²) in [5, 5.41) is 10.5. The van der Waals surface area contributed by atoms with Gasteiger partial charge in [-0.05, 0) is 30.7 Å². The van der Waals surface area contributed by atoms with Gasteiger partial charge in [0.1, 0.15) is 5.82 Å². The highest BCUT2D eigenvalue weighted by Crippen LogP contribution is 2.13. The number of nitrogens with one attached hydrogen (secondary N) is 2. The number of aromatic nitrogens is 1. The summed E-state index contributed by atoms with van der Waals surface area (Å²) in [4.78, 5) is 6.37. The molecule has 1 aromatic heterocycles. The Morgan fingerprint density at radius 2 is 1.96 bits per heavy atom. The van der Waals surface area contributed by atoms with Crippen molar-refractivity contribution in [2.45, 2.75) is 32.9 Å². The van der Waals surface area contributed by atoms with E-state index in [1.807, 2.05) is 25.2 Å². The molecule has 0 atom stereocenters. The SMILES string of the molecule is CN=C(NCCN(C)Cc1ccc(F)cc1)NCc1cc(C(C)C)no1.I. The van der Waals surface area contributed by atoms with Gasteiger partial charge in [-0.25, -0.2) is 4.39 Å². The van der Waals surface area contributed by atoms with Crippen LogP contribution in [0.5, 0.6) is 0 Å². The van der Waals surface area contributed by atoms with E-state index in [1.54, 1.807) is 7.05 Å². The third kappa shape index (κ3) is 8.25. The molecule has 1 aromatic carbocycles. The standard InChI is InChI=1S/C19H28FN5O.HI/c1-14(2)18-11-17(26-24-18)12-23-19(21-3)22-9-10-25(4)13-15-5-7-16(20)8-6-15;/h5-8,11,14H,9-10,12-13H2,1-4H3,(H2,21,22,23);1H. The fraction of sp³-hybridized carbons (Fsp3) is 0.474. The van der Waals surface area contributed by atoms with E-state index in [4.69, 9.17) is 4.52 Å². The van der Waals surface area contributed by atoms with Crippen molar-refractivity contribution in [1.29, 1.82) is 0 Å². The fourth-order valence-electron chi connectivity index (χ4n) is 2.42. The number of benzene rings is 1. The second-order valence-corrected chi connectivity index (χ2v) is 6.59. The van der Waals surface area contributed by atoms with E-state index in [9.17, 15) is 4.39 Å². The molecule has 0 amide bonds. The minimum absolute atomic E-state index is 0. The Kier molecular flexibility index (Phi) is 10.3. The molecule has 2 rings (SSSR count). The lowest BCUT2D eigenvalue weighted by Gasteiger charge is -2.18. The van der Waals surface area contributed by atoms with E-state index in [0.717, 1.165) is 36.7 Å². The summed E-state index contributed by atoms with van der Waals surface area (Å²) < 4.78 is 18.2. The molecule has 0 unspecified atom stereocenters. The maximum absolute atomic E-state index is 12.9. The van der Waals surface area contributed by atoms with Gasteiger partial charge in [-0.15, -0.1) is 24.0 Å². The average Bonchev–Trinajstić information content (AvgIpc) is 3.09. The van der Waals surface area contributed by atoms with Gasteiger partial charge in [0.2, 0.25) is 0 Å². The van der Waals surface area contributed by atoms with Gasteiger partial charge in [-0.2, -0.15) is 0 Å². The Hall–Kier alpha value is -1.68. The van der Waals surface area contributed by atoms with Crippen molar-refractivity contribution in [3.8, 4) is 0 Å². The van der Waals surface area contributed by atoms with Crippen molar-refractivity contribution in [3.63, 3.8) is 0 Å². The number of hydrogen-bond acceptors (Lipinski definition) is 4. The molecule has 27 heavy (non-hydrogen) atoms. The van der Waals surface area contributed by atoms with Crippen LogP contribution in [0.1, 0.15) is 36.8 Å². The zero-order chi connectivity index (χ0) is 18.9. The molecule has 150 valence electrons. The van der Waals surface area contributed by atoms with Crippen molar-refractivity contribution >= 4 is 29.9 Å². The van der Waals surface area contributed by atoms with Crippen LogP contribution in [-0.4, -0.2) is 43.2 Å². The number of hydrogen-bond donors (Lipinski definition) is 2. The van der Waals surface area contributed by atoms with Crippen molar-refractivity contribution < 1.29 is 8.91 Å². The van der Waals surface area contributed by atoms with Gasteiger partial charge >= 0.3 is 0 Å². The number of aliphatic imine (C=N–C) groups is 1. The van der Waals surface area contributed by atoms with E-state index in [0.29, 0.717) is 18.4 Å². The monoisotopic (exact) mass is 489 g/mol. The number of nitrogens with zero attached hydrogens (tertiary/aromatic N) is 3. The van der Waals surface area contributed by atoms with E-state index in [-0.39, 0.29) is 29.8 Å². The first-order valence-electron chi connectivity index (χ1n) is 8.81. The molecule has 0 saturated heterocycles. The van der Waals surface area contributed by atoms with Crippen LogP contribution in [0.4, 0.5) is 4.39 Å². The Morgan fingerprint density at radius 3 is 2.56 bits per heavy atom. The van der Waals surface area contributed by atoms with Gasteiger partial charge in [0.15, 0.2) is 11.7 Å². The Labute approximate surface area is 177 Å². The molecule has 0 aliphatic heterocycles. The molecule has 2 aromatic rings. The lowest BCUT2D eigenvalue weighted by atomic mass is 10.1. The molecule has 8 heteroatoms. The molecule has 0 aliphatic carbocycles. The van der Waals surface area contributed by atoms with Gasteiger partial charge in [0, 0.05) is 32.7 Å². The highest BCUT2D eigenvalue weighted by Gasteiger charge is 2.08. The highest BCUT2D eigenvalue weighted by atomic mass is 127. The van der Waals surface area contributed by atoms with Crippen molar-refractivity contribution in [2.24, 2.45) is 4.99 Å². The van der Waals surface area contributed by atoms with Gasteiger partial charge in [0.05, 0.1) is 12.2 Å². The van der Waals surface area contributed by atoms with Crippen molar-refractivity contribution in [3.05, 3.63) is 53.2 Å². The van der Waals surface area contributed by atoms with Crippen LogP contribution >= 0.6 is 24.0 Å². The van der Waals surface area contributed by atoms with E-state index in [1.165, 1.54) is 12.1 Å². The molecule has 1 heterocycles. The van der Waals surface area contributed by atoms with Crippen LogP contribution in [0.15, 0.2) is 39.8 Å². The summed E-state index contributed by atoms with van der Waals surface area (Å²) in [5.74, 6) is 1.63. The molecule has 6 nitrogen and oxygen atoms in total. The maximum Gasteiger partial charge on any atom is 0.191 e. The Balaban J connectivity index is 0.00000364. The predicted octanol–water partition coefficient (Wildman–Crippen LogP) is 3.35. The predicted molar refractivity (Wildman–Crippen MR) is 117 cm³/mol. The molecule has 2 N–H and O–H groups in total. The zero-order valence-electron chi connectivity index (χ0n) is 16.3. The quantitative estimate of drug-likeness (QED) is 0.338. The summed E-state index contributed by atoms with van der Waals surface area (Å²) in [5.41, 5.74) is 2.04. The van der Waals surface area contributed by atoms with Crippen LogP contribution in [0.25, 0.3) is 0 Å². The molecule has 0 radical (unpaired) electrons. The first-order chi connectivity index (χ1) is 12.5. The molecule has 0 fully saturated rings. The largest absolute Gasteiger partial charge is 0.359 e.